The van der Waals surface area contributed by atoms with Crippen molar-refractivity contribution in [3.05, 3.63) is 0 Å². The first-order valence-electron chi connectivity index (χ1n) is 8.08. The molecule has 2 rings (SSSR count). The molecule has 1 atom stereocenters. The van der Waals surface area contributed by atoms with Crippen LogP contribution in [0, 0.1) is 17.8 Å². The van der Waals surface area contributed by atoms with Gasteiger partial charge in [0.15, 0.2) is 0 Å². The van der Waals surface area contributed by atoms with Gasteiger partial charge in [-0.3, -0.25) is 0 Å². The third-order valence-corrected chi connectivity index (χ3v) is 5.19. The Morgan fingerprint density at radius 1 is 0.941 bits per heavy atom. The van der Waals surface area contributed by atoms with Crippen molar-refractivity contribution in [3.63, 3.8) is 0 Å². The van der Waals surface area contributed by atoms with Crippen molar-refractivity contribution in [1.29, 1.82) is 0 Å². The average molecular weight is 237 g/mol. The third kappa shape index (κ3) is 3.47. The molecule has 1 heteroatoms. The highest BCUT2D eigenvalue weighted by atomic mass is 14.9. The summed E-state index contributed by atoms with van der Waals surface area (Å²) in [5.74, 6) is 3.07. The molecule has 0 spiro atoms. The Hall–Kier alpha value is -0.0400. The Balaban J connectivity index is 1.79. The molecule has 0 radical (unpaired) electrons. The lowest BCUT2D eigenvalue weighted by Crippen LogP contribution is -2.46. The highest BCUT2D eigenvalue weighted by Gasteiger charge is 2.34. The van der Waals surface area contributed by atoms with Crippen LogP contribution in [0.1, 0.15) is 71.6 Å². The van der Waals surface area contributed by atoms with Gasteiger partial charge < -0.3 is 5.32 Å². The minimum absolute atomic E-state index is 0.858. The summed E-state index contributed by atoms with van der Waals surface area (Å²) in [5, 5.41) is 3.80. The van der Waals surface area contributed by atoms with Gasteiger partial charge in [0.1, 0.15) is 0 Å². The first-order chi connectivity index (χ1) is 8.35. The maximum absolute atomic E-state index is 3.80. The van der Waals surface area contributed by atoms with E-state index < -0.39 is 0 Å². The van der Waals surface area contributed by atoms with Gasteiger partial charge in [0.25, 0.3) is 0 Å². The molecule has 1 nitrogen and oxygen atoms in total. The minimum atomic E-state index is 0.858. The van der Waals surface area contributed by atoms with E-state index in [0.29, 0.717) is 0 Å². The van der Waals surface area contributed by atoms with Crippen molar-refractivity contribution in [3.8, 4) is 0 Å². The van der Waals surface area contributed by atoms with E-state index in [1.165, 1.54) is 57.8 Å². The lowest BCUT2D eigenvalue weighted by atomic mass is 9.69. The smallest absolute Gasteiger partial charge is 0.0123 e. The molecule has 0 aromatic heterocycles. The van der Waals surface area contributed by atoms with Gasteiger partial charge in [-0.25, -0.2) is 0 Å². The first kappa shape index (κ1) is 13.4. The SMILES string of the molecule is CCCC1CCC(C(NCC)C2CCC2)CC1. The third-order valence-electron chi connectivity index (χ3n) is 5.19. The Bertz CT molecular complexity index is 202. The molecule has 0 amide bonds. The zero-order valence-electron chi connectivity index (χ0n) is 11.9. The molecule has 0 aromatic rings. The summed E-state index contributed by atoms with van der Waals surface area (Å²) < 4.78 is 0. The van der Waals surface area contributed by atoms with Crippen LogP contribution in [0.3, 0.4) is 0 Å². The van der Waals surface area contributed by atoms with E-state index in [-0.39, 0.29) is 0 Å². The van der Waals surface area contributed by atoms with Crippen LogP contribution in [0.25, 0.3) is 0 Å². The Morgan fingerprint density at radius 2 is 1.59 bits per heavy atom. The van der Waals surface area contributed by atoms with Crippen molar-refractivity contribution < 1.29 is 0 Å². The predicted molar refractivity (Wildman–Crippen MR) is 75.2 cm³/mol. The molecule has 0 heterocycles. The van der Waals surface area contributed by atoms with E-state index >= 15 is 0 Å². The van der Waals surface area contributed by atoms with E-state index in [9.17, 15) is 0 Å². The van der Waals surface area contributed by atoms with Gasteiger partial charge in [-0.05, 0) is 50.0 Å². The van der Waals surface area contributed by atoms with Crippen LogP contribution in [-0.4, -0.2) is 12.6 Å². The molecule has 2 saturated carbocycles. The molecular formula is C16H31N. The fourth-order valence-corrected chi connectivity index (χ4v) is 4.00. The number of rotatable bonds is 6. The molecule has 0 bridgehead atoms. The summed E-state index contributed by atoms with van der Waals surface area (Å²) in [6.07, 6.45) is 13.3. The molecule has 1 N–H and O–H groups in total. The standard InChI is InChI=1S/C16H31N/c1-3-6-13-9-11-15(12-10-13)16(17-4-2)14-7-5-8-14/h13-17H,3-12H2,1-2H3. The topological polar surface area (TPSA) is 12.0 Å². The summed E-state index contributed by atoms with van der Waals surface area (Å²) in [7, 11) is 0. The van der Waals surface area contributed by atoms with Crippen LogP contribution in [0.4, 0.5) is 0 Å². The van der Waals surface area contributed by atoms with Crippen molar-refractivity contribution >= 4 is 0 Å². The van der Waals surface area contributed by atoms with E-state index in [2.05, 4.69) is 19.2 Å². The zero-order chi connectivity index (χ0) is 12.1. The molecule has 17 heavy (non-hydrogen) atoms. The highest BCUT2D eigenvalue weighted by Crippen LogP contribution is 2.40. The second kappa shape index (κ2) is 6.78. The zero-order valence-corrected chi connectivity index (χ0v) is 11.9. The first-order valence-corrected chi connectivity index (χ1v) is 8.08. The van der Waals surface area contributed by atoms with Gasteiger partial charge in [-0.15, -0.1) is 0 Å². The Kier molecular flexibility index (Phi) is 5.34. The monoisotopic (exact) mass is 237 g/mol. The van der Waals surface area contributed by atoms with Crippen molar-refractivity contribution in [1.82, 2.24) is 5.32 Å². The van der Waals surface area contributed by atoms with E-state index in [1.807, 2.05) is 0 Å². The predicted octanol–water partition coefficient (Wildman–Crippen LogP) is 4.37. The fraction of sp³-hybridized carbons (Fsp3) is 1.00. The van der Waals surface area contributed by atoms with Crippen LogP contribution < -0.4 is 5.32 Å². The lowest BCUT2D eigenvalue weighted by molar-refractivity contribution is 0.130. The van der Waals surface area contributed by atoms with Crippen LogP contribution in [0.2, 0.25) is 0 Å². The summed E-state index contributed by atoms with van der Waals surface area (Å²) in [6.45, 7) is 5.77. The van der Waals surface area contributed by atoms with Gasteiger partial charge in [-0.1, -0.05) is 46.0 Å². The number of hydrogen-bond donors (Lipinski definition) is 1. The summed E-state index contributed by atoms with van der Waals surface area (Å²) in [4.78, 5) is 0. The van der Waals surface area contributed by atoms with Gasteiger partial charge in [0.05, 0.1) is 0 Å². The molecule has 0 aromatic carbocycles. The van der Waals surface area contributed by atoms with Crippen LogP contribution in [0.15, 0.2) is 0 Å². The van der Waals surface area contributed by atoms with Crippen molar-refractivity contribution in [2.75, 3.05) is 6.54 Å². The van der Waals surface area contributed by atoms with Gasteiger partial charge in [0.2, 0.25) is 0 Å². The molecule has 2 fully saturated rings. The van der Waals surface area contributed by atoms with E-state index in [1.54, 1.807) is 0 Å². The highest BCUT2D eigenvalue weighted by molar-refractivity contribution is 4.89. The summed E-state index contributed by atoms with van der Waals surface area (Å²) >= 11 is 0. The number of hydrogen-bond acceptors (Lipinski definition) is 1. The van der Waals surface area contributed by atoms with Crippen molar-refractivity contribution in [2.45, 2.75) is 77.7 Å². The normalized spacial score (nSPS) is 32.1. The molecule has 100 valence electrons. The van der Waals surface area contributed by atoms with Crippen molar-refractivity contribution in [2.24, 2.45) is 17.8 Å². The fourth-order valence-electron chi connectivity index (χ4n) is 4.00. The summed E-state index contributed by atoms with van der Waals surface area (Å²) in [6, 6.07) is 0.858. The molecule has 2 aliphatic rings. The second-order valence-corrected chi connectivity index (χ2v) is 6.34. The van der Waals surface area contributed by atoms with E-state index in [4.69, 9.17) is 0 Å². The van der Waals surface area contributed by atoms with Gasteiger partial charge in [0, 0.05) is 6.04 Å². The maximum atomic E-state index is 3.80. The lowest BCUT2D eigenvalue weighted by Gasteiger charge is -2.42. The molecule has 0 aliphatic heterocycles. The molecule has 1 unspecified atom stereocenters. The maximum Gasteiger partial charge on any atom is 0.0123 e. The minimum Gasteiger partial charge on any atom is -0.314 e. The average Bonchev–Trinajstić information content (AvgIpc) is 2.28. The summed E-state index contributed by atoms with van der Waals surface area (Å²) in [5.41, 5.74) is 0. The molecule has 2 aliphatic carbocycles. The Morgan fingerprint density at radius 3 is 2.06 bits per heavy atom. The van der Waals surface area contributed by atoms with Crippen LogP contribution in [0.5, 0.6) is 0 Å². The van der Waals surface area contributed by atoms with Crippen LogP contribution in [-0.2, 0) is 0 Å². The number of nitrogens with one attached hydrogen (secondary N) is 1. The van der Waals surface area contributed by atoms with Gasteiger partial charge in [-0.2, -0.15) is 0 Å². The molecule has 0 saturated heterocycles. The molecular weight excluding hydrogens is 206 g/mol. The van der Waals surface area contributed by atoms with Gasteiger partial charge >= 0.3 is 0 Å². The quantitative estimate of drug-likeness (QED) is 0.723. The van der Waals surface area contributed by atoms with Crippen LogP contribution >= 0.6 is 0 Å². The second-order valence-electron chi connectivity index (χ2n) is 6.34. The Labute approximate surface area is 108 Å². The van der Waals surface area contributed by atoms with E-state index in [0.717, 1.165) is 30.3 Å². The largest absolute Gasteiger partial charge is 0.314 e.